The van der Waals surface area contributed by atoms with E-state index in [1.165, 1.54) is 0 Å². The molecule has 0 unspecified atom stereocenters. The van der Waals surface area contributed by atoms with Crippen LogP contribution in [0.4, 0.5) is 10.5 Å². The third-order valence-electron chi connectivity index (χ3n) is 2.07. The summed E-state index contributed by atoms with van der Waals surface area (Å²) in [4.78, 5) is 11.5. The number of hydrogen-bond donors (Lipinski definition) is 2. The predicted molar refractivity (Wildman–Crippen MR) is 69.4 cm³/mol. The number of hydrogen-bond acceptors (Lipinski definition) is 3. The maximum Gasteiger partial charge on any atom is 0.319 e. The summed E-state index contributed by atoms with van der Waals surface area (Å²) in [6.45, 7) is 4.66. The Hall–Kier alpha value is -2.22. The molecular weight excluding hydrogens is 230 g/mol. The summed E-state index contributed by atoms with van der Waals surface area (Å²) in [5, 5.41) is 13.9. The summed E-state index contributed by atoms with van der Waals surface area (Å²) >= 11 is 0. The first-order valence-corrected chi connectivity index (χ1v) is 5.76. The Morgan fingerprint density at radius 2 is 2.28 bits per heavy atom. The van der Waals surface area contributed by atoms with E-state index in [1.807, 2.05) is 19.9 Å². The quantitative estimate of drug-likeness (QED) is 0.838. The van der Waals surface area contributed by atoms with Crippen molar-refractivity contribution in [3.05, 3.63) is 24.3 Å². The highest BCUT2D eigenvalue weighted by molar-refractivity contribution is 5.89. The topological polar surface area (TPSA) is 74.2 Å². The van der Waals surface area contributed by atoms with Gasteiger partial charge in [-0.15, -0.1) is 0 Å². The maximum atomic E-state index is 11.5. The second-order valence-electron chi connectivity index (χ2n) is 4.20. The lowest BCUT2D eigenvalue weighted by atomic mass is 10.2. The highest BCUT2D eigenvalue weighted by Gasteiger charge is 2.03. The second kappa shape index (κ2) is 7.17. The molecule has 0 atom stereocenters. The van der Waals surface area contributed by atoms with Crippen molar-refractivity contribution in [2.24, 2.45) is 5.92 Å². The summed E-state index contributed by atoms with van der Waals surface area (Å²) in [5.41, 5.74) is 0.631. The minimum Gasteiger partial charge on any atom is -0.479 e. The molecule has 2 N–H and O–H groups in total. The zero-order chi connectivity index (χ0) is 13.4. The number of ether oxygens (including phenoxy) is 1. The lowest BCUT2D eigenvalue weighted by Gasteiger charge is -2.10. The molecule has 18 heavy (non-hydrogen) atoms. The number of amides is 2. The van der Waals surface area contributed by atoms with Crippen molar-refractivity contribution in [3.63, 3.8) is 0 Å². The van der Waals surface area contributed by atoms with Crippen molar-refractivity contribution in [1.29, 1.82) is 5.26 Å². The number of carbonyl (C=O) groups is 1. The van der Waals surface area contributed by atoms with Crippen LogP contribution in [0.1, 0.15) is 13.8 Å². The van der Waals surface area contributed by atoms with Crippen molar-refractivity contribution >= 4 is 11.7 Å². The van der Waals surface area contributed by atoms with E-state index < -0.39 is 0 Å². The molecule has 1 aromatic rings. The van der Waals surface area contributed by atoms with E-state index in [9.17, 15) is 4.79 Å². The van der Waals surface area contributed by atoms with Gasteiger partial charge in [-0.2, -0.15) is 5.26 Å². The monoisotopic (exact) mass is 247 g/mol. The van der Waals surface area contributed by atoms with Crippen LogP contribution in [0.25, 0.3) is 0 Å². The fraction of sp³-hybridized carbons (Fsp3) is 0.385. The van der Waals surface area contributed by atoms with Crippen LogP contribution < -0.4 is 15.4 Å². The van der Waals surface area contributed by atoms with Crippen molar-refractivity contribution in [2.75, 3.05) is 18.5 Å². The van der Waals surface area contributed by atoms with E-state index in [-0.39, 0.29) is 12.6 Å². The maximum absolute atomic E-state index is 11.5. The van der Waals surface area contributed by atoms with Crippen molar-refractivity contribution in [2.45, 2.75) is 13.8 Å². The summed E-state index contributed by atoms with van der Waals surface area (Å²) < 4.78 is 5.14. The van der Waals surface area contributed by atoms with Crippen molar-refractivity contribution in [1.82, 2.24) is 5.32 Å². The molecule has 0 heterocycles. The Morgan fingerprint density at radius 1 is 1.50 bits per heavy atom. The van der Waals surface area contributed by atoms with Crippen LogP contribution in [0.15, 0.2) is 24.3 Å². The first kappa shape index (κ1) is 13.8. The first-order chi connectivity index (χ1) is 8.61. The summed E-state index contributed by atoms with van der Waals surface area (Å²) in [5.74, 6) is 0.958. The molecule has 0 spiro atoms. The van der Waals surface area contributed by atoms with Gasteiger partial charge in [-0.25, -0.2) is 4.79 Å². The van der Waals surface area contributed by atoms with Crippen LogP contribution >= 0.6 is 0 Å². The van der Waals surface area contributed by atoms with Gasteiger partial charge in [0.1, 0.15) is 11.8 Å². The van der Waals surface area contributed by atoms with Crippen molar-refractivity contribution in [3.8, 4) is 11.8 Å². The molecule has 96 valence electrons. The van der Waals surface area contributed by atoms with Gasteiger partial charge >= 0.3 is 6.03 Å². The van der Waals surface area contributed by atoms with Crippen LogP contribution in [0.2, 0.25) is 0 Å². The van der Waals surface area contributed by atoms with E-state index in [0.29, 0.717) is 23.9 Å². The number of nitrogens with one attached hydrogen (secondary N) is 2. The number of nitrogens with zero attached hydrogens (tertiary/aromatic N) is 1. The Labute approximate surface area is 107 Å². The fourth-order valence-electron chi connectivity index (χ4n) is 1.25. The average molecular weight is 247 g/mol. The Kier molecular flexibility index (Phi) is 5.52. The lowest BCUT2D eigenvalue weighted by Crippen LogP contribution is -2.31. The normalized spacial score (nSPS) is 9.67. The van der Waals surface area contributed by atoms with E-state index in [0.717, 1.165) is 0 Å². The van der Waals surface area contributed by atoms with Crippen LogP contribution in [-0.4, -0.2) is 19.2 Å². The summed E-state index contributed by atoms with van der Waals surface area (Å²) in [6.07, 6.45) is 0. The van der Waals surface area contributed by atoms with Gasteiger partial charge in [0.2, 0.25) is 0 Å². The minimum atomic E-state index is -0.249. The van der Waals surface area contributed by atoms with E-state index in [1.54, 1.807) is 24.3 Å². The van der Waals surface area contributed by atoms with E-state index >= 15 is 0 Å². The van der Waals surface area contributed by atoms with Crippen molar-refractivity contribution < 1.29 is 9.53 Å². The number of carbonyl (C=O) groups excluding carboxylic acids is 1. The highest BCUT2D eigenvalue weighted by Crippen LogP contribution is 2.16. The molecule has 0 aliphatic rings. The molecule has 0 aliphatic heterocycles. The van der Waals surface area contributed by atoms with Gasteiger partial charge in [-0.1, -0.05) is 19.9 Å². The van der Waals surface area contributed by atoms with Gasteiger partial charge in [-0.05, 0) is 18.1 Å². The minimum absolute atomic E-state index is 0.0109. The molecule has 0 saturated heterocycles. The molecule has 0 radical (unpaired) electrons. The molecule has 1 aromatic carbocycles. The highest BCUT2D eigenvalue weighted by atomic mass is 16.5. The summed E-state index contributed by atoms with van der Waals surface area (Å²) in [7, 11) is 0. The van der Waals surface area contributed by atoms with Crippen LogP contribution in [0.5, 0.6) is 5.75 Å². The molecule has 5 nitrogen and oxygen atoms in total. The second-order valence-corrected chi connectivity index (χ2v) is 4.20. The smallest absolute Gasteiger partial charge is 0.319 e. The predicted octanol–water partition coefficient (Wildman–Crippen LogP) is 2.37. The molecule has 0 bridgehead atoms. The Bertz CT molecular complexity index is 438. The van der Waals surface area contributed by atoms with Crippen LogP contribution in [0.3, 0.4) is 0 Å². The molecule has 5 heteroatoms. The SMILES string of the molecule is CC(C)CNC(=O)Nc1cccc(OCC#N)c1. The molecule has 0 fully saturated rings. The third kappa shape index (κ3) is 5.21. The van der Waals surface area contributed by atoms with Gasteiger partial charge < -0.3 is 15.4 Å². The number of anilines is 1. The van der Waals surface area contributed by atoms with Crippen LogP contribution in [-0.2, 0) is 0 Å². The molecule has 0 aliphatic carbocycles. The Balaban J connectivity index is 2.51. The molecule has 2 amide bonds. The van der Waals surface area contributed by atoms with Gasteiger partial charge in [0.15, 0.2) is 6.61 Å². The van der Waals surface area contributed by atoms with Gasteiger partial charge in [0.25, 0.3) is 0 Å². The van der Waals surface area contributed by atoms with E-state index in [4.69, 9.17) is 10.00 Å². The number of urea groups is 1. The lowest BCUT2D eigenvalue weighted by molar-refractivity contribution is 0.251. The zero-order valence-electron chi connectivity index (χ0n) is 10.6. The third-order valence-corrected chi connectivity index (χ3v) is 2.07. The standard InChI is InChI=1S/C13H17N3O2/c1-10(2)9-15-13(17)16-11-4-3-5-12(8-11)18-7-6-14/h3-5,8,10H,7,9H2,1-2H3,(H2,15,16,17). The fourth-order valence-corrected chi connectivity index (χ4v) is 1.25. The van der Waals surface area contributed by atoms with Crippen LogP contribution in [0, 0.1) is 17.2 Å². The largest absolute Gasteiger partial charge is 0.479 e. The zero-order valence-corrected chi connectivity index (χ0v) is 10.6. The summed E-state index contributed by atoms with van der Waals surface area (Å²) in [6, 6.07) is 8.55. The molecule has 0 aromatic heterocycles. The molecule has 1 rings (SSSR count). The number of nitriles is 1. The molecular formula is C13H17N3O2. The first-order valence-electron chi connectivity index (χ1n) is 5.76. The van der Waals surface area contributed by atoms with E-state index in [2.05, 4.69) is 10.6 Å². The van der Waals surface area contributed by atoms with Gasteiger partial charge in [0, 0.05) is 18.3 Å². The Morgan fingerprint density at radius 3 is 2.94 bits per heavy atom. The average Bonchev–Trinajstić information content (AvgIpc) is 2.34. The van der Waals surface area contributed by atoms with Gasteiger partial charge in [0.05, 0.1) is 0 Å². The molecule has 0 saturated carbocycles. The number of benzene rings is 1. The number of rotatable bonds is 5. The van der Waals surface area contributed by atoms with Gasteiger partial charge in [-0.3, -0.25) is 0 Å².